The summed E-state index contributed by atoms with van der Waals surface area (Å²) in [7, 11) is 3.27. The van der Waals surface area contributed by atoms with E-state index >= 15 is 0 Å². The van der Waals surface area contributed by atoms with Crippen LogP contribution in [-0.2, 0) is 4.79 Å². The molecule has 8 nitrogen and oxygen atoms in total. The van der Waals surface area contributed by atoms with Crippen molar-refractivity contribution in [2.45, 2.75) is 13.8 Å². The van der Waals surface area contributed by atoms with Crippen LogP contribution >= 0.6 is 0 Å². The van der Waals surface area contributed by atoms with Gasteiger partial charge in [-0.2, -0.15) is 0 Å². The molecule has 1 aromatic rings. The number of carbonyl (C=O) groups is 1. The molecule has 0 bridgehead atoms. The van der Waals surface area contributed by atoms with E-state index in [9.17, 15) is 4.79 Å². The summed E-state index contributed by atoms with van der Waals surface area (Å²) in [6.07, 6.45) is 1.37. The molecule has 112 valence electrons. The third kappa shape index (κ3) is 3.47. The Hall–Kier alpha value is -2.09. The molecule has 8 heteroatoms. The molecule has 0 saturated carbocycles. The number of nitrogens with zero attached hydrogens (tertiary/aromatic N) is 4. The van der Waals surface area contributed by atoms with E-state index in [0.29, 0.717) is 30.5 Å². The number of nitrogens with one attached hydrogen (secondary N) is 1. The van der Waals surface area contributed by atoms with Crippen LogP contribution in [0, 0.1) is 0 Å². The first-order chi connectivity index (χ1) is 9.58. The Morgan fingerprint density at radius 2 is 2.05 bits per heavy atom. The monoisotopic (exact) mass is 282 g/mol. The van der Waals surface area contributed by atoms with Crippen molar-refractivity contribution in [3.63, 3.8) is 0 Å². The van der Waals surface area contributed by atoms with Gasteiger partial charge < -0.3 is 20.0 Å². The summed E-state index contributed by atoms with van der Waals surface area (Å²) >= 11 is 0. The molecule has 0 aliphatic rings. The molecule has 0 unspecified atom stereocenters. The van der Waals surface area contributed by atoms with Gasteiger partial charge in [0.1, 0.15) is 6.33 Å². The lowest BCUT2D eigenvalue weighted by molar-refractivity contribution is -0.129. The van der Waals surface area contributed by atoms with Crippen molar-refractivity contribution < 1.29 is 9.53 Å². The highest BCUT2D eigenvalue weighted by Crippen LogP contribution is 2.30. The van der Waals surface area contributed by atoms with Gasteiger partial charge in [0, 0.05) is 20.1 Å². The molecule has 20 heavy (non-hydrogen) atoms. The van der Waals surface area contributed by atoms with Crippen molar-refractivity contribution >= 4 is 17.5 Å². The van der Waals surface area contributed by atoms with Crippen molar-refractivity contribution in [3.8, 4) is 5.75 Å². The smallest absolute Gasteiger partial charge is 0.242 e. The number of amides is 1. The second kappa shape index (κ2) is 7.49. The van der Waals surface area contributed by atoms with Gasteiger partial charge in [-0.1, -0.05) is 0 Å². The van der Waals surface area contributed by atoms with Crippen LogP contribution < -0.4 is 20.9 Å². The van der Waals surface area contributed by atoms with Crippen LogP contribution in [0.1, 0.15) is 13.8 Å². The Kier molecular flexibility index (Phi) is 5.98. The number of nitrogens with two attached hydrogens (primary N) is 1. The van der Waals surface area contributed by atoms with Crippen molar-refractivity contribution in [1.29, 1.82) is 0 Å². The van der Waals surface area contributed by atoms with Crippen LogP contribution in [0.15, 0.2) is 6.33 Å². The van der Waals surface area contributed by atoms with Gasteiger partial charge in [0.15, 0.2) is 11.6 Å². The number of anilines is 2. The molecule has 0 aromatic carbocycles. The Labute approximate surface area is 118 Å². The standard InChI is InChI=1S/C12H22N6O2/c1-5-18(6-2)9(19)7-17(3)12-10(20-4)11(16-13)14-8-15-12/h8H,5-7,13H2,1-4H3,(H,14,15,16). The number of carbonyl (C=O) groups excluding carboxylic acids is 1. The quantitative estimate of drug-likeness (QED) is 0.540. The van der Waals surface area contributed by atoms with E-state index in [1.54, 1.807) is 16.8 Å². The lowest BCUT2D eigenvalue weighted by atomic mass is 10.4. The molecule has 0 spiro atoms. The van der Waals surface area contributed by atoms with Crippen LogP contribution in [-0.4, -0.2) is 54.6 Å². The summed E-state index contributed by atoms with van der Waals surface area (Å²) in [5.74, 6) is 6.69. The average molecular weight is 282 g/mol. The molecule has 1 amide bonds. The minimum atomic E-state index is 0.0282. The number of rotatable bonds is 7. The summed E-state index contributed by atoms with van der Waals surface area (Å²) < 4.78 is 5.25. The molecule has 0 fully saturated rings. The van der Waals surface area contributed by atoms with Gasteiger partial charge in [0.05, 0.1) is 13.7 Å². The summed E-state index contributed by atoms with van der Waals surface area (Å²) in [5, 5.41) is 0. The van der Waals surface area contributed by atoms with Crippen LogP contribution in [0.3, 0.4) is 0 Å². The molecular formula is C12H22N6O2. The molecule has 1 heterocycles. The first-order valence-electron chi connectivity index (χ1n) is 6.43. The van der Waals surface area contributed by atoms with Crippen molar-refractivity contribution in [2.24, 2.45) is 5.84 Å². The number of aromatic nitrogens is 2. The maximum Gasteiger partial charge on any atom is 0.242 e. The van der Waals surface area contributed by atoms with Gasteiger partial charge in [-0.15, -0.1) is 0 Å². The van der Waals surface area contributed by atoms with E-state index < -0.39 is 0 Å². The molecule has 0 atom stereocenters. The molecule has 1 rings (SSSR count). The lowest BCUT2D eigenvalue weighted by Crippen LogP contribution is -2.39. The molecular weight excluding hydrogens is 260 g/mol. The summed E-state index contributed by atoms with van der Waals surface area (Å²) in [5.41, 5.74) is 2.44. The van der Waals surface area contributed by atoms with Gasteiger partial charge in [-0.25, -0.2) is 15.8 Å². The number of methoxy groups -OCH3 is 1. The first-order valence-corrected chi connectivity index (χ1v) is 6.43. The zero-order valence-electron chi connectivity index (χ0n) is 12.4. The van der Waals surface area contributed by atoms with Gasteiger partial charge in [0.2, 0.25) is 11.7 Å². The topological polar surface area (TPSA) is 96.6 Å². The summed E-state index contributed by atoms with van der Waals surface area (Å²) in [6, 6.07) is 0. The highest BCUT2D eigenvalue weighted by molar-refractivity contribution is 5.82. The minimum Gasteiger partial charge on any atom is -0.490 e. The van der Waals surface area contributed by atoms with Gasteiger partial charge in [0.25, 0.3) is 0 Å². The Bertz CT molecular complexity index is 450. The van der Waals surface area contributed by atoms with E-state index in [0.717, 1.165) is 0 Å². The molecule has 3 N–H and O–H groups in total. The zero-order chi connectivity index (χ0) is 15.1. The minimum absolute atomic E-state index is 0.0282. The second-order valence-corrected chi connectivity index (χ2v) is 4.15. The number of likely N-dealkylation sites (N-methyl/N-ethyl adjacent to an activating group) is 2. The molecule has 0 saturated heterocycles. The van der Waals surface area contributed by atoms with Crippen LogP contribution in [0.5, 0.6) is 5.75 Å². The molecule has 1 aromatic heterocycles. The summed E-state index contributed by atoms with van der Waals surface area (Å²) in [6.45, 7) is 5.46. The second-order valence-electron chi connectivity index (χ2n) is 4.15. The highest BCUT2D eigenvalue weighted by atomic mass is 16.5. The van der Waals surface area contributed by atoms with E-state index in [4.69, 9.17) is 10.6 Å². The molecule has 0 aliphatic heterocycles. The van der Waals surface area contributed by atoms with Gasteiger partial charge in [-0.05, 0) is 13.8 Å². The van der Waals surface area contributed by atoms with Crippen molar-refractivity contribution in [1.82, 2.24) is 14.9 Å². The predicted molar refractivity (Wildman–Crippen MR) is 77.6 cm³/mol. The van der Waals surface area contributed by atoms with Crippen molar-refractivity contribution in [3.05, 3.63) is 6.33 Å². The number of ether oxygens (including phenoxy) is 1. The molecule has 0 radical (unpaired) electrons. The highest BCUT2D eigenvalue weighted by Gasteiger charge is 2.19. The van der Waals surface area contributed by atoms with E-state index in [2.05, 4.69) is 15.4 Å². The van der Waals surface area contributed by atoms with Crippen LogP contribution in [0.4, 0.5) is 11.6 Å². The Morgan fingerprint density at radius 3 is 2.55 bits per heavy atom. The van der Waals surface area contributed by atoms with Crippen LogP contribution in [0.25, 0.3) is 0 Å². The van der Waals surface area contributed by atoms with Gasteiger partial charge in [-0.3, -0.25) is 4.79 Å². The average Bonchev–Trinajstić information content (AvgIpc) is 2.47. The number of hydrogen-bond donors (Lipinski definition) is 2. The normalized spacial score (nSPS) is 10.1. The first kappa shape index (κ1) is 16.0. The maximum absolute atomic E-state index is 12.1. The maximum atomic E-state index is 12.1. The Morgan fingerprint density at radius 1 is 1.40 bits per heavy atom. The summed E-state index contributed by atoms with van der Waals surface area (Å²) in [4.78, 5) is 23.7. The zero-order valence-corrected chi connectivity index (χ0v) is 12.4. The van der Waals surface area contributed by atoms with E-state index in [-0.39, 0.29) is 12.5 Å². The Balaban J connectivity index is 2.92. The van der Waals surface area contributed by atoms with Gasteiger partial charge >= 0.3 is 0 Å². The van der Waals surface area contributed by atoms with E-state index in [1.807, 2.05) is 13.8 Å². The predicted octanol–water partition coefficient (Wildman–Crippen LogP) is 0.0754. The number of nitrogen functional groups attached to an aromatic ring is 1. The fraction of sp³-hybridized carbons (Fsp3) is 0.583. The van der Waals surface area contributed by atoms with E-state index in [1.165, 1.54) is 13.4 Å². The van der Waals surface area contributed by atoms with Crippen LogP contribution in [0.2, 0.25) is 0 Å². The number of hydrogen-bond acceptors (Lipinski definition) is 7. The third-order valence-electron chi connectivity index (χ3n) is 2.98. The lowest BCUT2D eigenvalue weighted by Gasteiger charge is -2.25. The third-order valence-corrected chi connectivity index (χ3v) is 2.98. The van der Waals surface area contributed by atoms with Crippen molar-refractivity contribution in [2.75, 3.05) is 44.1 Å². The number of hydrazine groups is 1. The fourth-order valence-corrected chi connectivity index (χ4v) is 1.88. The molecule has 0 aliphatic carbocycles. The largest absolute Gasteiger partial charge is 0.490 e. The fourth-order valence-electron chi connectivity index (χ4n) is 1.88. The SMILES string of the molecule is CCN(CC)C(=O)CN(C)c1ncnc(NN)c1OC.